The molecule has 0 amide bonds. The number of hydrogen-bond acceptors (Lipinski definition) is 7. The topological polar surface area (TPSA) is 125 Å². The lowest BCUT2D eigenvalue weighted by Crippen LogP contribution is -1.90. The van der Waals surface area contributed by atoms with Crippen molar-refractivity contribution in [1.29, 1.82) is 0 Å². The minimum Gasteiger partial charge on any atom is -0.508 e. The highest BCUT2D eigenvalue weighted by molar-refractivity contribution is 5.95. The minimum atomic E-state index is -0.563. The van der Waals surface area contributed by atoms with Crippen molar-refractivity contribution in [2.45, 2.75) is 0 Å². The highest BCUT2D eigenvalue weighted by Gasteiger charge is 2.18. The maximum Gasteiger partial charge on any atom is 0.161 e. The van der Waals surface area contributed by atoms with Gasteiger partial charge in [-0.15, -0.1) is 0 Å². The number of aromatic hydroxyl groups is 1. The summed E-state index contributed by atoms with van der Waals surface area (Å²) in [6.45, 7) is 0. The Kier molecular flexibility index (Phi) is 4.44. The van der Waals surface area contributed by atoms with Gasteiger partial charge >= 0.3 is 0 Å². The zero-order chi connectivity index (χ0) is 23.2. The van der Waals surface area contributed by atoms with Gasteiger partial charge in [0.05, 0.1) is 35.7 Å². The van der Waals surface area contributed by atoms with E-state index in [1.807, 2.05) is 18.2 Å². The maximum atomic E-state index is 13.9. The van der Waals surface area contributed by atoms with Crippen molar-refractivity contribution in [2.75, 3.05) is 7.11 Å². The molecule has 0 radical (unpaired) electrons. The number of aromatic amines is 2. The van der Waals surface area contributed by atoms with E-state index in [1.165, 1.54) is 12.1 Å². The first-order chi connectivity index (χ1) is 16.6. The quantitative estimate of drug-likeness (QED) is 0.359. The van der Waals surface area contributed by atoms with E-state index in [1.54, 1.807) is 31.8 Å². The molecule has 1 aromatic carbocycles. The van der Waals surface area contributed by atoms with Gasteiger partial charge in [-0.1, -0.05) is 0 Å². The molecule has 0 fully saturated rings. The number of fused-ring (bicyclic) bond motifs is 2. The van der Waals surface area contributed by atoms with Crippen molar-refractivity contribution in [3.63, 3.8) is 0 Å². The molecule has 3 N–H and O–H groups in total. The van der Waals surface area contributed by atoms with Crippen LogP contribution in [0.3, 0.4) is 0 Å². The third-order valence-electron chi connectivity index (χ3n) is 5.43. The van der Waals surface area contributed by atoms with E-state index < -0.39 is 5.82 Å². The number of pyridine rings is 3. The molecule has 0 aliphatic rings. The highest BCUT2D eigenvalue weighted by atomic mass is 19.1. The molecule has 0 bridgehead atoms. The van der Waals surface area contributed by atoms with Crippen LogP contribution in [0, 0.1) is 5.82 Å². The third kappa shape index (κ3) is 3.28. The van der Waals surface area contributed by atoms with E-state index in [0.717, 1.165) is 17.1 Å². The van der Waals surface area contributed by atoms with Gasteiger partial charge in [0.25, 0.3) is 0 Å². The molecule has 34 heavy (non-hydrogen) atoms. The molecule has 0 spiro atoms. The number of hydrogen-bond donors (Lipinski definition) is 3. The third-order valence-corrected chi connectivity index (χ3v) is 5.43. The average Bonchev–Trinajstić information content (AvgIpc) is 3.46. The fourth-order valence-electron chi connectivity index (χ4n) is 3.86. The van der Waals surface area contributed by atoms with Gasteiger partial charge in [0, 0.05) is 29.6 Å². The van der Waals surface area contributed by atoms with Crippen molar-refractivity contribution in [2.24, 2.45) is 0 Å². The molecule has 0 aliphatic carbocycles. The van der Waals surface area contributed by atoms with E-state index in [2.05, 4.69) is 25.1 Å². The first kappa shape index (κ1) is 19.8. The number of ether oxygens (including phenoxy) is 1. The summed E-state index contributed by atoms with van der Waals surface area (Å²) in [6, 6.07) is 11.2. The van der Waals surface area contributed by atoms with Crippen LogP contribution in [0.1, 0.15) is 0 Å². The molecular formula is C24H16FN7O2. The Bertz CT molecular complexity index is 1670. The number of phenolic OH excluding ortho intramolecular Hbond substituents is 1. The molecule has 5 aromatic heterocycles. The lowest BCUT2D eigenvalue weighted by atomic mass is 10.1. The minimum absolute atomic E-state index is 0.188. The SMILES string of the molecule is COc1cncc(-c2ccc3[nH]nc(-c4nc5c(-c6cc(O)cc(F)c6)nccc5[nH]4)c3n2)c1. The largest absolute Gasteiger partial charge is 0.508 e. The van der Waals surface area contributed by atoms with Crippen LogP contribution in [-0.4, -0.2) is 47.3 Å². The summed E-state index contributed by atoms with van der Waals surface area (Å²) in [7, 11) is 1.58. The van der Waals surface area contributed by atoms with Gasteiger partial charge in [-0.05, 0) is 36.4 Å². The van der Waals surface area contributed by atoms with Crippen molar-refractivity contribution in [1.82, 2.24) is 35.1 Å². The molecule has 10 heteroatoms. The lowest BCUT2D eigenvalue weighted by molar-refractivity contribution is 0.413. The summed E-state index contributed by atoms with van der Waals surface area (Å²) in [4.78, 5) is 21.3. The second-order valence-corrected chi connectivity index (χ2v) is 7.62. The smallest absolute Gasteiger partial charge is 0.161 e. The molecule has 5 heterocycles. The van der Waals surface area contributed by atoms with Gasteiger partial charge in [0.2, 0.25) is 0 Å². The number of rotatable bonds is 4. The summed E-state index contributed by atoms with van der Waals surface area (Å²) in [5.74, 6) is 0.357. The van der Waals surface area contributed by atoms with Gasteiger partial charge in [-0.2, -0.15) is 5.10 Å². The van der Waals surface area contributed by atoms with Gasteiger partial charge in [-0.25, -0.2) is 14.4 Å². The van der Waals surface area contributed by atoms with Gasteiger partial charge in [0.1, 0.15) is 28.3 Å². The van der Waals surface area contributed by atoms with Gasteiger partial charge in [0.15, 0.2) is 11.5 Å². The fraction of sp³-hybridized carbons (Fsp3) is 0.0417. The first-order valence-corrected chi connectivity index (χ1v) is 10.3. The summed E-state index contributed by atoms with van der Waals surface area (Å²) >= 11 is 0. The fourth-order valence-corrected chi connectivity index (χ4v) is 3.86. The number of methoxy groups -OCH3 is 1. The number of aromatic nitrogens is 7. The molecule has 166 valence electrons. The normalized spacial score (nSPS) is 11.4. The van der Waals surface area contributed by atoms with Crippen LogP contribution < -0.4 is 4.74 Å². The van der Waals surface area contributed by atoms with Crippen LogP contribution in [-0.2, 0) is 0 Å². The number of halogens is 1. The van der Waals surface area contributed by atoms with Crippen molar-refractivity contribution >= 4 is 22.1 Å². The Morgan fingerprint density at radius 1 is 0.912 bits per heavy atom. The molecule has 9 nitrogen and oxygen atoms in total. The number of benzene rings is 1. The summed E-state index contributed by atoms with van der Waals surface area (Å²) < 4.78 is 19.2. The predicted molar refractivity (Wildman–Crippen MR) is 124 cm³/mol. The maximum absolute atomic E-state index is 13.9. The van der Waals surface area contributed by atoms with Gasteiger partial charge < -0.3 is 14.8 Å². The number of nitrogens with zero attached hydrogens (tertiary/aromatic N) is 5. The standard InChI is InChI=1S/C24H16FN7O2/c1-34-16-8-13(10-26-11-16)17-2-3-19-22(28-17)23(32-31-19)24-29-18-4-5-27-20(21(18)30-24)12-6-14(25)9-15(33)7-12/h2-11,33H,1H3,(H,29,30)(H,31,32). The Labute approximate surface area is 191 Å². The van der Waals surface area contributed by atoms with Crippen LogP contribution in [0.4, 0.5) is 4.39 Å². The molecular weight excluding hydrogens is 437 g/mol. The van der Waals surface area contributed by atoms with E-state index >= 15 is 0 Å². The zero-order valence-corrected chi connectivity index (χ0v) is 17.7. The molecule has 0 saturated carbocycles. The average molecular weight is 453 g/mol. The van der Waals surface area contributed by atoms with E-state index in [4.69, 9.17) is 14.7 Å². The monoisotopic (exact) mass is 453 g/mol. The first-order valence-electron chi connectivity index (χ1n) is 10.3. The molecule has 0 aliphatic heterocycles. The van der Waals surface area contributed by atoms with Crippen molar-refractivity contribution in [3.8, 4) is 45.5 Å². The highest BCUT2D eigenvalue weighted by Crippen LogP contribution is 2.32. The van der Waals surface area contributed by atoms with Crippen LogP contribution in [0.25, 0.3) is 56.1 Å². The Morgan fingerprint density at radius 3 is 2.65 bits per heavy atom. The number of phenols is 1. The van der Waals surface area contributed by atoms with Crippen LogP contribution in [0.2, 0.25) is 0 Å². The van der Waals surface area contributed by atoms with Crippen molar-refractivity contribution < 1.29 is 14.2 Å². The zero-order valence-electron chi connectivity index (χ0n) is 17.7. The molecule has 0 saturated heterocycles. The molecule has 6 aromatic rings. The Hall–Kier alpha value is -4.86. The Morgan fingerprint density at radius 2 is 1.79 bits per heavy atom. The van der Waals surface area contributed by atoms with Crippen LogP contribution >= 0.6 is 0 Å². The number of imidazole rings is 1. The van der Waals surface area contributed by atoms with E-state index in [9.17, 15) is 9.50 Å². The lowest BCUT2D eigenvalue weighted by Gasteiger charge is -2.03. The number of nitrogens with one attached hydrogen (secondary N) is 2. The summed E-state index contributed by atoms with van der Waals surface area (Å²) in [5.41, 5.74) is 5.45. The van der Waals surface area contributed by atoms with Gasteiger partial charge in [-0.3, -0.25) is 15.1 Å². The summed E-state index contributed by atoms with van der Waals surface area (Å²) in [6.07, 6.45) is 4.93. The van der Waals surface area contributed by atoms with Crippen molar-refractivity contribution in [3.05, 3.63) is 66.9 Å². The number of H-pyrrole nitrogens is 2. The molecule has 0 unspecified atom stereocenters. The molecule has 6 rings (SSSR count). The second-order valence-electron chi connectivity index (χ2n) is 7.62. The summed E-state index contributed by atoms with van der Waals surface area (Å²) in [5, 5.41) is 17.2. The second kappa shape index (κ2) is 7.62. The predicted octanol–water partition coefficient (Wildman–Crippen LogP) is 4.48. The Balaban J connectivity index is 1.49. The molecule has 0 atom stereocenters. The van der Waals surface area contributed by atoms with Crippen LogP contribution in [0.15, 0.2) is 61.1 Å². The van der Waals surface area contributed by atoms with Crippen LogP contribution in [0.5, 0.6) is 11.5 Å². The van der Waals surface area contributed by atoms with E-state index in [0.29, 0.717) is 50.8 Å². The van der Waals surface area contributed by atoms with E-state index in [-0.39, 0.29) is 5.75 Å².